The summed E-state index contributed by atoms with van der Waals surface area (Å²) in [4.78, 5) is 27.1. The van der Waals surface area contributed by atoms with Crippen molar-refractivity contribution in [2.45, 2.75) is 20.0 Å². The molecule has 1 heterocycles. The van der Waals surface area contributed by atoms with E-state index in [1.807, 2.05) is 85.8 Å². The fourth-order valence-corrected chi connectivity index (χ4v) is 3.59. The first-order valence-electron chi connectivity index (χ1n) is 10.1. The molecule has 3 aromatic carbocycles. The maximum Gasteiger partial charge on any atom is 0.239 e. The van der Waals surface area contributed by atoms with Crippen molar-refractivity contribution < 1.29 is 14.3 Å². The van der Waals surface area contributed by atoms with Gasteiger partial charge in [-0.15, -0.1) is 0 Å². The number of hydrogen-bond donors (Lipinski definition) is 1. The summed E-state index contributed by atoms with van der Waals surface area (Å²) in [6, 6.07) is 25.0. The monoisotopic (exact) mass is 400 g/mol. The normalized spacial score (nSPS) is 15.8. The van der Waals surface area contributed by atoms with E-state index in [4.69, 9.17) is 4.74 Å². The second-order valence-corrected chi connectivity index (χ2v) is 7.46. The van der Waals surface area contributed by atoms with Gasteiger partial charge in [0.15, 0.2) is 0 Å². The number of carbonyl (C=O) groups excluding carboxylic acids is 2. The molecule has 1 N–H and O–H groups in total. The highest BCUT2D eigenvalue weighted by Crippen LogP contribution is 2.28. The molecule has 0 aliphatic carbocycles. The van der Waals surface area contributed by atoms with Crippen molar-refractivity contribution in [2.24, 2.45) is 5.92 Å². The van der Waals surface area contributed by atoms with E-state index in [1.54, 1.807) is 4.90 Å². The summed E-state index contributed by atoms with van der Waals surface area (Å²) >= 11 is 0. The van der Waals surface area contributed by atoms with Gasteiger partial charge in [0.25, 0.3) is 0 Å². The number of amides is 2. The average Bonchev–Trinajstić information content (AvgIpc) is 3.15. The molecule has 3 aromatic rings. The molecule has 0 saturated carbocycles. The Balaban J connectivity index is 1.36. The third-order valence-corrected chi connectivity index (χ3v) is 5.20. The summed E-state index contributed by atoms with van der Waals surface area (Å²) in [5.74, 6) is -0.350. The van der Waals surface area contributed by atoms with E-state index in [1.165, 1.54) is 0 Å². The van der Waals surface area contributed by atoms with Crippen LogP contribution < -0.4 is 15.0 Å². The van der Waals surface area contributed by atoms with E-state index < -0.39 is 5.92 Å². The number of benzene rings is 3. The minimum absolute atomic E-state index is 0.168. The Hall–Kier alpha value is -3.60. The summed E-state index contributed by atoms with van der Waals surface area (Å²) in [6.07, 6.45) is 0.503. The Kier molecular flexibility index (Phi) is 5.80. The molecule has 0 spiro atoms. The second kappa shape index (κ2) is 8.82. The van der Waals surface area contributed by atoms with Crippen LogP contribution in [0.25, 0.3) is 0 Å². The molecule has 0 aromatic heterocycles. The zero-order chi connectivity index (χ0) is 20.9. The van der Waals surface area contributed by atoms with Crippen LogP contribution in [0.4, 0.5) is 11.4 Å². The lowest BCUT2D eigenvalue weighted by Crippen LogP contribution is -2.33. The van der Waals surface area contributed by atoms with Crippen molar-refractivity contribution in [1.82, 2.24) is 0 Å². The van der Waals surface area contributed by atoms with Crippen LogP contribution in [0, 0.1) is 12.8 Å². The van der Waals surface area contributed by atoms with Gasteiger partial charge in [0.1, 0.15) is 18.3 Å². The van der Waals surface area contributed by atoms with Crippen molar-refractivity contribution in [3.63, 3.8) is 0 Å². The quantitative estimate of drug-likeness (QED) is 0.617. The summed E-state index contributed by atoms with van der Waals surface area (Å²) in [6.45, 7) is 2.98. The van der Waals surface area contributed by atoms with Crippen molar-refractivity contribution in [2.75, 3.05) is 16.8 Å². The van der Waals surface area contributed by atoms with Gasteiger partial charge >= 0.3 is 0 Å². The van der Waals surface area contributed by atoms with Crippen LogP contribution >= 0.6 is 0 Å². The van der Waals surface area contributed by atoms with E-state index in [0.29, 0.717) is 25.3 Å². The predicted octanol–water partition coefficient (Wildman–Crippen LogP) is 4.57. The maximum atomic E-state index is 12.8. The number of nitrogens with one attached hydrogen (secondary N) is 1. The van der Waals surface area contributed by atoms with Gasteiger partial charge in [-0.3, -0.25) is 9.59 Å². The van der Waals surface area contributed by atoms with Crippen LogP contribution in [0.1, 0.15) is 17.5 Å². The summed E-state index contributed by atoms with van der Waals surface area (Å²) in [5, 5.41) is 2.86. The van der Waals surface area contributed by atoms with Crippen molar-refractivity contribution in [3.05, 3.63) is 90.0 Å². The minimum Gasteiger partial charge on any atom is -0.489 e. The number of nitrogens with zero attached hydrogens (tertiary/aromatic N) is 1. The molecule has 5 nitrogen and oxygen atoms in total. The fourth-order valence-electron chi connectivity index (χ4n) is 3.59. The van der Waals surface area contributed by atoms with Crippen LogP contribution in [-0.2, 0) is 16.2 Å². The molecule has 2 amide bonds. The Labute approximate surface area is 176 Å². The molecule has 1 aliphatic rings. The molecule has 0 radical (unpaired) electrons. The molecule has 4 rings (SSSR count). The molecule has 0 unspecified atom stereocenters. The Morgan fingerprint density at radius 2 is 1.80 bits per heavy atom. The van der Waals surface area contributed by atoms with Crippen LogP contribution in [0.2, 0.25) is 0 Å². The predicted molar refractivity (Wildman–Crippen MR) is 117 cm³/mol. The zero-order valence-electron chi connectivity index (χ0n) is 16.9. The highest BCUT2D eigenvalue weighted by molar-refractivity contribution is 6.13. The van der Waals surface area contributed by atoms with Gasteiger partial charge in [0, 0.05) is 17.9 Å². The molecule has 30 heavy (non-hydrogen) atoms. The Bertz CT molecular complexity index is 1030. The highest BCUT2D eigenvalue weighted by atomic mass is 16.5. The molecule has 1 fully saturated rings. The third kappa shape index (κ3) is 4.51. The summed E-state index contributed by atoms with van der Waals surface area (Å²) in [7, 11) is 0. The van der Waals surface area contributed by atoms with Gasteiger partial charge < -0.3 is 15.0 Å². The van der Waals surface area contributed by atoms with Crippen LogP contribution in [0.3, 0.4) is 0 Å². The number of carbonyl (C=O) groups is 2. The molecule has 152 valence electrons. The van der Waals surface area contributed by atoms with Crippen LogP contribution in [0.15, 0.2) is 78.9 Å². The van der Waals surface area contributed by atoms with E-state index in [0.717, 1.165) is 22.6 Å². The number of ether oxygens (including phenoxy) is 1. The SMILES string of the molecule is Cc1cccc(NC(=O)[C@H]2CCN(c3ccc(OCc4ccccc4)cc3)C2=O)c1. The lowest BCUT2D eigenvalue weighted by atomic mass is 10.1. The van der Waals surface area contributed by atoms with Gasteiger partial charge in [0.05, 0.1) is 0 Å². The topological polar surface area (TPSA) is 58.6 Å². The standard InChI is InChI=1S/C25H24N2O3/c1-18-6-5-9-20(16-18)26-24(28)23-14-15-27(25(23)29)21-10-12-22(13-11-21)30-17-19-7-3-2-4-8-19/h2-13,16,23H,14-15,17H2,1H3,(H,26,28)/t23-/m1/s1. The molecular formula is C25H24N2O3. The second-order valence-electron chi connectivity index (χ2n) is 7.46. The van der Waals surface area contributed by atoms with Gasteiger partial charge in [0.2, 0.25) is 11.8 Å². The molecule has 1 saturated heterocycles. The average molecular weight is 400 g/mol. The van der Waals surface area contributed by atoms with Crippen molar-refractivity contribution in [1.29, 1.82) is 0 Å². The maximum absolute atomic E-state index is 12.8. The van der Waals surface area contributed by atoms with E-state index >= 15 is 0 Å². The molecule has 5 heteroatoms. The first kappa shape index (κ1) is 19.7. The number of hydrogen-bond acceptors (Lipinski definition) is 3. The third-order valence-electron chi connectivity index (χ3n) is 5.20. The van der Waals surface area contributed by atoms with Crippen molar-refractivity contribution in [3.8, 4) is 5.75 Å². The summed E-state index contributed by atoms with van der Waals surface area (Å²) in [5.41, 5.74) is 3.64. The van der Waals surface area contributed by atoms with Crippen LogP contribution in [0.5, 0.6) is 5.75 Å². The summed E-state index contributed by atoms with van der Waals surface area (Å²) < 4.78 is 5.80. The lowest BCUT2D eigenvalue weighted by Gasteiger charge is -2.17. The molecule has 1 atom stereocenters. The zero-order valence-corrected chi connectivity index (χ0v) is 16.9. The van der Waals surface area contributed by atoms with Gasteiger partial charge in [-0.25, -0.2) is 0 Å². The highest BCUT2D eigenvalue weighted by Gasteiger charge is 2.37. The number of anilines is 2. The van der Waals surface area contributed by atoms with E-state index in [-0.39, 0.29) is 11.8 Å². The van der Waals surface area contributed by atoms with E-state index in [9.17, 15) is 9.59 Å². The number of aryl methyl sites for hydroxylation is 1. The first-order valence-corrected chi connectivity index (χ1v) is 10.1. The van der Waals surface area contributed by atoms with Crippen LogP contribution in [-0.4, -0.2) is 18.4 Å². The lowest BCUT2D eigenvalue weighted by molar-refractivity contribution is -0.129. The number of rotatable bonds is 6. The Morgan fingerprint density at radius 1 is 1.03 bits per heavy atom. The fraction of sp³-hybridized carbons (Fsp3) is 0.200. The smallest absolute Gasteiger partial charge is 0.239 e. The molecule has 0 bridgehead atoms. The largest absolute Gasteiger partial charge is 0.489 e. The Morgan fingerprint density at radius 3 is 2.53 bits per heavy atom. The van der Waals surface area contributed by atoms with Gasteiger partial charge in [-0.05, 0) is 60.9 Å². The molecule has 1 aliphatic heterocycles. The molecular weight excluding hydrogens is 376 g/mol. The van der Waals surface area contributed by atoms with Gasteiger partial charge in [-0.2, -0.15) is 0 Å². The van der Waals surface area contributed by atoms with E-state index in [2.05, 4.69) is 5.32 Å². The minimum atomic E-state index is -0.667. The first-order chi connectivity index (χ1) is 14.6. The van der Waals surface area contributed by atoms with Gasteiger partial charge in [-0.1, -0.05) is 42.5 Å². The van der Waals surface area contributed by atoms with Crippen molar-refractivity contribution >= 4 is 23.2 Å².